The van der Waals surface area contributed by atoms with Crippen LogP contribution in [0.5, 0.6) is 0 Å². The fourth-order valence-electron chi connectivity index (χ4n) is 1.37. The van der Waals surface area contributed by atoms with Crippen molar-refractivity contribution in [1.29, 1.82) is 0 Å². The topological polar surface area (TPSA) is 60.4 Å². The van der Waals surface area contributed by atoms with Gasteiger partial charge >= 0.3 is 0 Å². The minimum Gasteiger partial charge on any atom is -0.366 e. The zero-order chi connectivity index (χ0) is 9.42. The molecule has 2 rings (SSSR count). The lowest BCUT2D eigenvalue weighted by atomic mass is 10.1. The van der Waals surface area contributed by atoms with Gasteiger partial charge in [-0.3, -0.25) is 4.79 Å². The molecule has 0 atom stereocenters. The van der Waals surface area contributed by atoms with Crippen molar-refractivity contribution in [1.82, 2.24) is 9.61 Å². The van der Waals surface area contributed by atoms with Crippen LogP contribution in [0.2, 0.25) is 0 Å². The molecule has 0 aliphatic carbocycles. The number of fused-ring (bicyclic) bond motifs is 1. The summed E-state index contributed by atoms with van der Waals surface area (Å²) >= 11 is 0. The number of nitrogens with two attached hydrogens (primary N) is 1. The van der Waals surface area contributed by atoms with Crippen LogP contribution in [0.4, 0.5) is 0 Å². The number of amides is 1. The zero-order valence-electron chi connectivity index (χ0n) is 7.19. The molecule has 66 valence electrons. The van der Waals surface area contributed by atoms with Crippen LogP contribution in [0.25, 0.3) is 5.52 Å². The predicted octanol–water partition coefficient (Wildman–Crippen LogP) is 0.742. The van der Waals surface area contributed by atoms with E-state index in [1.54, 1.807) is 4.52 Å². The smallest absolute Gasteiger partial charge is 0.250 e. The summed E-state index contributed by atoms with van der Waals surface area (Å²) in [6.45, 7) is 1.86. The van der Waals surface area contributed by atoms with Crippen LogP contribution in [-0.2, 0) is 0 Å². The number of rotatable bonds is 1. The van der Waals surface area contributed by atoms with E-state index in [9.17, 15) is 4.79 Å². The van der Waals surface area contributed by atoms with Gasteiger partial charge in [-0.25, -0.2) is 4.52 Å². The molecule has 0 aromatic carbocycles. The van der Waals surface area contributed by atoms with Gasteiger partial charge in [-0.1, -0.05) is 0 Å². The highest BCUT2D eigenvalue weighted by molar-refractivity contribution is 5.95. The Kier molecular flexibility index (Phi) is 1.55. The minimum atomic E-state index is -0.436. The van der Waals surface area contributed by atoms with Crippen LogP contribution in [0.15, 0.2) is 24.5 Å². The van der Waals surface area contributed by atoms with E-state index in [0.29, 0.717) is 5.56 Å². The van der Waals surface area contributed by atoms with Crippen LogP contribution in [0.3, 0.4) is 0 Å². The summed E-state index contributed by atoms with van der Waals surface area (Å²) in [5.74, 6) is -0.436. The molecule has 2 N–H and O–H groups in total. The van der Waals surface area contributed by atoms with Gasteiger partial charge in [-0.05, 0) is 24.6 Å². The van der Waals surface area contributed by atoms with Crippen molar-refractivity contribution < 1.29 is 4.79 Å². The number of carbonyl (C=O) groups excluding carboxylic acids is 1. The third-order valence-electron chi connectivity index (χ3n) is 2.09. The van der Waals surface area contributed by atoms with E-state index < -0.39 is 5.91 Å². The highest BCUT2D eigenvalue weighted by Gasteiger charge is 2.08. The molecule has 0 aliphatic heterocycles. The maximum absolute atomic E-state index is 11.0. The molecule has 0 saturated heterocycles. The third-order valence-corrected chi connectivity index (χ3v) is 2.09. The lowest BCUT2D eigenvalue weighted by molar-refractivity contribution is 0.0999. The Balaban J connectivity index is 2.80. The Morgan fingerprint density at radius 2 is 2.38 bits per heavy atom. The van der Waals surface area contributed by atoms with Gasteiger partial charge in [0, 0.05) is 6.20 Å². The maximum atomic E-state index is 11.0. The fourth-order valence-corrected chi connectivity index (χ4v) is 1.37. The van der Waals surface area contributed by atoms with Crippen LogP contribution < -0.4 is 5.73 Å². The summed E-state index contributed by atoms with van der Waals surface area (Å²) in [7, 11) is 0. The molecule has 0 unspecified atom stereocenters. The largest absolute Gasteiger partial charge is 0.366 e. The molecule has 0 saturated carbocycles. The fraction of sp³-hybridized carbons (Fsp3) is 0.111. The standard InChI is InChI=1S/C9H9N3O/c1-6-7(9(10)13)5-11-12-4-2-3-8(6)12/h2-5H,1H3,(H2,10,13). The summed E-state index contributed by atoms with van der Waals surface area (Å²) in [6, 6.07) is 3.77. The number of primary amides is 1. The Morgan fingerprint density at radius 1 is 1.62 bits per heavy atom. The Morgan fingerprint density at radius 3 is 3.08 bits per heavy atom. The zero-order valence-corrected chi connectivity index (χ0v) is 7.19. The monoisotopic (exact) mass is 175 g/mol. The van der Waals surface area contributed by atoms with E-state index in [4.69, 9.17) is 5.73 Å². The van der Waals surface area contributed by atoms with Gasteiger partial charge in [0.1, 0.15) is 0 Å². The van der Waals surface area contributed by atoms with Gasteiger partial charge in [-0.2, -0.15) is 5.10 Å². The van der Waals surface area contributed by atoms with Gasteiger partial charge in [0.25, 0.3) is 5.91 Å². The third kappa shape index (κ3) is 1.07. The highest BCUT2D eigenvalue weighted by Crippen LogP contribution is 2.13. The van der Waals surface area contributed by atoms with Crippen molar-refractivity contribution in [3.05, 3.63) is 35.7 Å². The molecule has 0 fully saturated rings. The summed E-state index contributed by atoms with van der Waals surface area (Å²) in [5.41, 5.74) is 7.45. The number of aromatic nitrogens is 2. The van der Waals surface area contributed by atoms with Crippen molar-refractivity contribution in [2.45, 2.75) is 6.92 Å². The molecule has 4 heteroatoms. The van der Waals surface area contributed by atoms with Gasteiger partial charge in [0.05, 0.1) is 17.3 Å². The quantitative estimate of drug-likeness (QED) is 0.694. The number of hydrogen-bond acceptors (Lipinski definition) is 2. The van der Waals surface area contributed by atoms with E-state index in [1.807, 2.05) is 25.3 Å². The summed E-state index contributed by atoms with van der Waals surface area (Å²) in [5, 5.41) is 4.04. The molecule has 0 bridgehead atoms. The van der Waals surface area contributed by atoms with Crippen LogP contribution in [-0.4, -0.2) is 15.5 Å². The second-order valence-electron chi connectivity index (χ2n) is 2.89. The van der Waals surface area contributed by atoms with Gasteiger partial charge in [0.2, 0.25) is 0 Å². The van der Waals surface area contributed by atoms with E-state index in [1.165, 1.54) is 6.20 Å². The molecule has 13 heavy (non-hydrogen) atoms. The number of aryl methyl sites for hydroxylation is 1. The van der Waals surface area contributed by atoms with Crippen molar-refractivity contribution in [2.75, 3.05) is 0 Å². The van der Waals surface area contributed by atoms with Crippen molar-refractivity contribution >= 4 is 11.4 Å². The molecule has 0 aliphatic rings. The second kappa shape index (κ2) is 2.58. The Hall–Kier alpha value is -1.84. The maximum Gasteiger partial charge on any atom is 0.250 e. The van der Waals surface area contributed by atoms with Gasteiger partial charge in [0.15, 0.2) is 0 Å². The molecule has 0 radical (unpaired) electrons. The second-order valence-corrected chi connectivity index (χ2v) is 2.89. The highest BCUT2D eigenvalue weighted by atomic mass is 16.1. The van der Waals surface area contributed by atoms with Crippen molar-refractivity contribution in [2.24, 2.45) is 5.73 Å². The average Bonchev–Trinajstić information content (AvgIpc) is 2.52. The Labute approximate surface area is 75.0 Å². The first-order valence-corrected chi connectivity index (χ1v) is 3.93. The first kappa shape index (κ1) is 7.79. The summed E-state index contributed by atoms with van der Waals surface area (Å²) < 4.78 is 1.71. The average molecular weight is 175 g/mol. The SMILES string of the molecule is Cc1c(C(N)=O)cnn2cccc12. The van der Waals surface area contributed by atoms with Crippen LogP contribution >= 0.6 is 0 Å². The molecule has 2 aromatic heterocycles. The summed E-state index contributed by atoms with van der Waals surface area (Å²) in [4.78, 5) is 11.0. The first-order valence-electron chi connectivity index (χ1n) is 3.93. The van der Waals surface area contributed by atoms with E-state index in [2.05, 4.69) is 5.10 Å². The molecule has 2 aromatic rings. The molecular weight excluding hydrogens is 166 g/mol. The molecule has 0 spiro atoms. The van der Waals surface area contributed by atoms with Crippen molar-refractivity contribution in [3.63, 3.8) is 0 Å². The first-order chi connectivity index (χ1) is 6.20. The molecule has 2 heterocycles. The number of nitrogens with zero attached hydrogens (tertiary/aromatic N) is 2. The van der Waals surface area contributed by atoms with Crippen molar-refractivity contribution in [3.8, 4) is 0 Å². The predicted molar refractivity (Wildman–Crippen MR) is 48.4 cm³/mol. The number of hydrogen-bond donors (Lipinski definition) is 1. The molecule has 1 amide bonds. The van der Waals surface area contributed by atoms with Gasteiger partial charge in [-0.15, -0.1) is 0 Å². The van der Waals surface area contributed by atoms with E-state index in [0.717, 1.165) is 11.1 Å². The molecular formula is C9H9N3O. The lowest BCUT2D eigenvalue weighted by Gasteiger charge is -2.02. The van der Waals surface area contributed by atoms with E-state index >= 15 is 0 Å². The van der Waals surface area contributed by atoms with E-state index in [-0.39, 0.29) is 0 Å². The minimum absolute atomic E-state index is 0.436. The van der Waals surface area contributed by atoms with Gasteiger partial charge < -0.3 is 5.73 Å². The summed E-state index contributed by atoms with van der Waals surface area (Å²) in [6.07, 6.45) is 3.32. The Bertz CT molecular complexity index is 473. The van der Waals surface area contributed by atoms with Crippen LogP contribution in [0.1, 0.15) is 15.9 Å². The molecule has 4 nitrogen and oxygen atoms in total. The van der Waals surface area contributed by atoms with Crippen LogP contribution in [0, 0.1) is 6.92 Å². The lowest BCUT2D eigenvalue weighted by Crippen LogP contribution is -2.14. The normalized spacial score (nSPS) is 10.5. The number of carbonyl (C=O) groups is 1.